The van der Waals surface area contributed by atoms with Gasteiger partial charge in [-0.25, -0.2) is 0 Å². The molecule has 7 heteroatoms. The third-order valence-corrected chi connectivity index (χ3v) is 5.58. The molecule has 2 aromatic rings. The number of nitrogens with one attached hydrogen (secondary N) is 1. The van der Waals surface area contributed by atoms with E-state index in [1.165, 1.54) is 0 Å². The summed E-state index contributed by atoms with van der Waals surface area (Å²) in [6, 6.07) is 7.62. The number of halogens is 2. The zero-order valence-electron chi connectivity index (χ0n) is 11.9. The molecule has 3 rings (SSSR count). The van der Waals surface area contributed by atoms with Gasteiger partial charge in [0, 0.05) is 13.6 Å². The van der Waals surface area contributed by atoms with Crippen molar-refractivity contribution in [3.8, 4) is 11.5 Å². The number of rotatable bonds is 4. The van der Waals surface area contributed by atoms with Gasteiger partial charge >= 0.3 is 0 Å². The summed E-state index contributed by atoms with van der Waals surface area (Å²) in [5.74, 6) is 1.43. The Morgan fingerprint density at radius 1 is 1.27 bits per heavy atom. The van der Waals surface area contributed by atoms with Crippen molar-refractivity contribution in [3.05, 3.63) is 44.6 Å². The highest BCUT2D eigenvalue weighted by atomic mass is 79.9. The fraction of sp³-hybridized carbons (Fsp3) is 0.267. The summed E-state index contributed by atoms with van der Waals surface area (Å²) in [5.41, 5.74) is 1.70. The Hall–Kier alpha value is -1.47. The number of hydrogen-bond donors (Lipinski definition) is 1. The van der Waals surface area contributed by atoms with E-state index < -0.39 is 0 Å². The van der Waals surface area contributed by atoms with E-state index in [0.29, 0.717) is 12.2 Å². The summed E-state index contributed by atoms with van der Waals surface area (Å²) in [6.45, 7) is 0.825. The van der Waals surface area contributed by atoms with Crippen LogP contribution in [0.25, 0.3) is 0 Å². The molecule has 116 valence electrons. The van der Waals surface area contributed by atoms with Crippen LogP contribution in [0.3, 0.4) is 0 Å². The lowest BCUT2D eigenvalue weighted by molar-refractivity contribution is 0.0946. The molecule has 1 aromatic heterocycles. The first kappa shape index (κ1) is 15.4. The molecular weight excluding hydrogens is 416 g/mol. The first-order valence-corrected chi connectivity index (χ1v) is 8.32. The molecule has 0 spiro atoms. The average molecular weight is 430 g/mol. The maximum Gasteiger partial charge on any atom is 0.267 e. The lowest BCUT2D eigenvalue weighted by Crippen LogP contribution is -2.27. The fourth-order valence-electron chi connectivity index (χ4n) is 2.27. The Kier molecular flexibility index (Phi) is 4.44. The third kappa shape index (κ3) is 3.01. The van der Waals surface area contributed by atoms with Crippen molar-refractivity contribution in [3.63, 3.8) is 0 Å². The van der Waals surface area contributed by atoms with Crippen LogP contribution in [0.5, 0.6) is 11.5 Å². The van der Waals surface area contributed by atoms with Gasteiger partial charge in [0.15, 0.2) is 11.5 Å². The van der Waals surface area contributed by atoms with Gasteiger partial charge in [0.2, 0.25) is 6.79 Å². The van der Waals surface area contributed by atoms with Gasteiger partial charge in [0.1, 0.15) is 5.69 Å². The molecule has 5 nitrogen and oxygen atoms in total. The minimum absolute atomic E-state index is 0.102. The normalized spacial score (nSPS) is 12.5. The molecule has 0 saturated carbocycles. The quantitative estimate of drug-likeness (QED) is 0.811. The predicted molar refractivity (Wildman–Crippen MR) is 89.4 cm³/mol. The number of carbonyl (C=O) groups is 1. The Bertz CT molecular complexity index is 728. The number of nitrogens with zero attached hydrogens (tertiary/aromatic N) is 1. The average Bonchev–Trinajstić information content (AvgIpc) is 3.07. The first-order valence-electron chi connectivity index (χ1n) is 6.73. The monoisotopic (exact) mass is 428 g/mol. The number of benzene rings is 1. The van der Waals surface area contributed by atoms with Crippen LogP contribution in [0, 0.1) is 0 Å². The Morgan fingerprint density at radius 2 is 2.05 bits per heavy atom. The number of aromatic nitrogens is 1. The highest BCUT2D eigenvalue weighted by Crippen LogP contribution is 2.32. The number of hydrogen-bond acceptors (Lipinski definition) is 3. The van der Waals surface area contributed by atoms with Crippen molar-refractivity contribution in [1.29, 1.82) is 0 Å². The molecular formula is C15H14Br2N2O3. The van der Waals surface area contributed by atoms with Crippen molar-refractivity contribution in [1.82, 2.24) is 9.88 Å². The molecule has 1 aliphatic rings. The maximum atomic E-state index is 12.2. The maximum absolute atomic E-state index is 12.2. The van der Waals surface area contributed by atoms with E-state index in [1.54, 1.807) is 10.6 Å². The van der Waals surface area contributed by atoms with Crippen LogP contribution in [0.15, 0.2) is 33.3 Å². The number of carbonyl (C=O) groups excluding carboxylic acids is 1. The molecule has 0 radical (unpaired) electrons. The largest absolute Gasteiger partial charge is 0.454 e. The summed E-state index contributed by atoms with van der Waals surface area (Å²) in [5, 5.41) is 2.92. The Labute approximate surface area is 144 Å². The summed E-state index contributed by atoms with van der Waals surface area (Å²) < 4.78 is 14.1. The van der Waals surface area contributed by atoms with E-state index in [0.717, 1.165) is 32.6 Å². The van der Waals surface area contributed by atoms with Crippen molar-refractivity contribution >= 4 is 37.8 Å². The van der Waals surface area contributed by atoms with Crippen LogP contribution < -0.4 is 14.8 Å². The van der Waals surface area contributed by atoms with Gasteiger partial charge in [-0.05, 0) is 62.0 Å². The van der Waals surface area contributed by atoms with E-state index in [4.69, 9.17) is 9.47 Å². The van der Waals surface area contributed by atoms with Crippen molar-refractivity contribution in [2.24, 2.45) is 7.05 Å². The minimum atomic E-state index is -0.102. The van der Waals surface area contributed by atoms with E-state index in [1.807, 2.05) is 25.2 Å². The van der Waals surface area contributed by atoms with Crippen LogP contribution >= 0.6 is 31.9 Å². The number of fused-ring (bicyclic) bond motifs is 1. The van der Waals surface area contributed by atoms with Crippen molar-refractivity contribution in [2.45, 2.75) is 6.42 Å². The van der Waals surface area contributed by atoms with Gasteiger partial charge < -0.3 is 19.4 Å². The molecule has 1 aromatic carbocycles. The Morgan fingerprint density at radius 3 is 2.77 bits per heavy atom. The molecule has 0 fully saturated rings. The molecule has 0 aliphatic carbocycles. The first-order chi connectivity index (χ1) is 10.6. The molecule has 1 aliphatic heterocycles. The molecule has 2 heterocycles. The molecule has 1 amide bonds. The minimum Gasteiger partial charge on any atom is -0.454 e. The molecule has 0 atom stereocenters. The zero-order valence-corrected chi connectivity index (χ0v) is 15.0. The second-order valence-electron chi connectivity index (χ2n) is 4.92. The van der Waals surface area contributed by atoms with Crippen LogP contribution in [-0.2, 0) is 13.5 Å². The van der Waals surface area contributed by atoms with Crippen molar-refractivity contribution < 1.29 is 14.3 Å². The van der Waals surface area contributed by atoms with Gasteiger partial charge in [-0.3, -0.25) is 4.79 Å². The fourth-order valence-corrected chi connectivity index (χ4v) is 3.06. The lowest BCUT2D eigenvalue weighted by atomic mass is 10.1. The van der Waals surface area contributed by atoms with Crippen LogP contribution in [0.2, 0.25) is 0 Å². The van der Waals surface area contributed by atoms with Gasteiger partial charge in [-0.1, -0.05) is 6.07 Å². The molecule has 0 unspecified atom stereocenters. The smallest absolute Gasteiger partial charge is 0.267 e. The second-order valence-corrected chi connectivity index (χ2v) is 6.53. The SMILES string of the molecule is Cn1c(C(=O)NCCc2ccc3c(c2)OCO3)cc(Br)c1Br. The van der Waals surface area contributed by atoms with Crippen LogP contribution in [0.1, 0.15) is 16.1 Å². The third-order valence-electron chi connectivity index (χ3n) is 3.49. The van der Waals surface area contributed by atoms with E-state index in [-0.39, 0.29) is 12.7 Å². The molecule has 1 N–H and O–H groups in total. The number of amides is 1. The van der Waals surface area contributed by atoms with E-state index >= 15 is 0 Å². The summed E-state index contributed by atoms with van der Waals surface area (Å²) >= 11 is 6.81. The second kappa shape index (κ2) is 6.34. The van der Waals surface area contributed by atoms with Crippen LogP contribution in [-0.4, -0.2) is 23.8 Å². The highest BCUT2D eigenvalue weighted by Gasteiger charge is 2.15. The van der Waals surface area contributed by atoms with Gasteiger partial charge in [-0.15, -0.1) is 0 Å². The molecule has 22 heavy (non-hydrogen) atoms. The summed E-state index contributed by atoms with van der Waals surface area (Å²) in [6.07, 6.45) is 0.731. The highest BCUT2D eigenvalue weighted by molar-refractivity contribution is 9.13. The van der Waals surface area contributed by atoms with Gasteiger partial charge in [0.05, 0.1) is 9.08 Å². The Balaban J connectivity index is 1.58. The topological polar surface area (TPSA) is 52.5 Å². The van der Waals surface area contributed by atoms with Gasteiger partial charge in [0.25, 0.3) is 5.91 Å². The summed E-state index contributed by atoms with van der Waals surface area (Å²) in [7, 11) is 1.83. The van der Waals surface area contributed by atoms with Crippen molar-refractivity contribution in [2.75, 3.05) is 13.3 Å². The molecule has 0 saturated heterocycles. The number of ether oxygens (including phenoxy) is 2. The zero-order chi connectivity index (χ0) is 15.7. The van der Waals surface area contributed by atoms with Gasteiger partial charge in [-0.2, -0.15) is 0 Å². The van der Waals surface area contributed by atoms with E-state index in [2.05, 4.69) is 37.2 Å². The van der Waals surface area contributed by atoms with E-state index in [9.17, 15) is 4.79 Å². The standard InChI is InChI=1S/C15H14Br2N2O3/c1-19-11(7-10(16)14(19)17)15(20)18-5-4-9-2-3-12-13(6-9)22-8-21-12/h2-3,6-7H,4-5,8H2,1H3,(H,18,20). The lowest BCUT2D eigenvalue weighted by Gasteiger charge is -2.07. The molecule has 0 bridgehead atoms. The van der Waals surface area contributed by atoms with Crippen LogP contribution in [0.4, 0.5) is 0 Å². The summed E-state index contributed by atoms with van der Waals surface area (Å²) in [4.78, 5) is 12.2. The predicted octanol–water partition coefficient (Wildman–Crippen LogP) is 3.25.